The molecule has 0 amide bonds. The van der Waals surface area contributed by atoms with Gasteiger partial charge in [-0.15, -0.1) is 0 Å². The van der Waals surface area contributed by atoms with Gasteiger partial charge < -0.3 is 10.7 Å². The van der Waals surface area contributed by atoms with Gasteiger partial charge in [-0.3, -0.25) is 0 Å². The first-order valence-corrected chi connectivity index (χ1v) is 3.70. The van der Waals surface area contributed by atoms with Crippen molar-refractivity contribution in [2.24, 2.45) is 0 Å². The van der Waals surface area contributed by atoms with E-state index in [1.807, 2.05) is 6.07 Å². The third-order valence-electron chi connectivity index (χ3n) is 1.91. The van der Waals surface area contributed by atoms with Crippen molar-refractivity contribution >= 4 is 16.7 Å². The molecular formula is C9H6FN3. The second-order valence-electron chi connectivity index (χ2n) is 2.69. The van der Waals surface area contributed by atoms with E-state index in [2.05, 4.69) is 4.98 Å². The summed E-state index contributed by atoms with van der Waals surface area (Å²) >= 11 is 0. The van der Waals surface area contributed by atoms with E-state index in [0.717, 1.165) is 0 Å². The van der Waals surface area contributed by atoms with E-state index in [0.29, 0.717) is 5.52 Å². The lowest BCUT2D eigenvalue weighted by molar-refractivity contribution is 0.640. The van der Waals surface area contributed by atoms with E-state index < -0.39 is 5.82 Å². The molecule has 0 aliphatic heterocycles. The van der Waals surface area contributed by atoms with Crippen molar-refractivity contribution in [3.8, 4) is 6.07 Å². The highest BCUT2D eigenvalue weighted by Crippen LogP contribution is 2.25. The summed E-state index contributed by atoms with van der Waals surface area (Å²) in [6, 6.07) is 6.41. The van der Waals surface area contributed by atoms with Crippen LogP contribution < -0.4 is 5.73 Å². The second kappa shape index (κ2) is 2.49. The van der Waals surface area contributed by atoms with Gasteiger partial charge in [0.1, 0.15) is 23.3 Å². The van der Waals surface area contributed by atoms with Crippen molar-refractivity contribution in [3.05, 3.63) is 29.6 Å². The minimum absolute atomic E-state index is 0.174. The second-order valence-corrected chi connectivity index (χ2v) is 2.69. The maximum absolute atomic E-state index is 13.2. The van der Waals surface area contributed by atoms with Crippen LogP contribution >= 0.6 is 0 Å². The smallest absolute Gasteiger partial charge is 0.133 e. The molecule has 0 saturated carbocycles. The molecule has 13 heavy (non-hydrogen) atoms. The van der Waals surface area contributed by atoms with Crippen LogP contribution in [-0.2, 0) is 0 Å². The predicted molar refractivity (Wildman–Crippen MR) is 47.4 cm³/mol. The number of nitrogens with one attached hydrogen (secondary N) is 1. The standard InChI is InChI=1S/C9H6FN3/c10-6-2-1-3-7-8(6)5(4-11)9(12)13-7/h1-3,13H,12H2. The molecular weight excluding hydrogens is 169 g/mol. The fourth-order valence-electron chi connectivity index (χ4n) is 1.34. The van der Waals surface area contributed by atoms with Gasteiger partial charge in [-0.1, -0.05) is 6.07 Å². The van der Waals surface area contributed by atoms with Crippen molar-refractivity contribution in [1.29, 1.82) is 5.26 Å². The molecule has 3 N–H and O–H groups in total. The van der Waals surface area contributed by atoms with Crippen LogP contribution in [-0.4, -0.2) is 4.98 Å². The minimum Gasteiger partial charge on any atom is -0.384 e. The number of fused-ring (bicyclic) bond motifs is 1. The Morgan fingerprint density at radius 2 is 2.23 bits per heavy atom. The number of nitrogens with zero attached hydrogens (tertiary/aromatic N) is 1. The van der Waals surface area contributed by atoms with E-state index in [9.17, 15) is 4.39 Å². The van der Waals surface area contributed by atoms with Crippen LogP contribution in [0.1, 0.15) is 5.56 Å². The molecule has 0 unspecified atom stereocenters. The highest BCUT2D eigenvalue weighted by Gasteiger charge is 2.11. The van der Waals surface area contributed by atoms with Crippen LogP contribution in [0.4, 0.5) is 10.2 Å². The topological polar surface area (TPSA) is 65.6 Å². The van der Waals surface area contributed by atoms with Gasteiger partial charge in [0.25, 0.3) is 0 Å². The molecule has 1 aromatic carbocycles. The van der Waals surface area contributed by atoms with Gasteiger partial charge in [-0.05, 0) is 12.1 Å². The van der Waals surface area contributed by atoms with Crippen LogP contribution in [0, 0.1) is 17.1 Å². The predicted octanol–water partition coefficient (Wildman–Crippen LogP) is 1.76. The van der Waals surface area contributed by atoms with Gasteiger partial charge in [-0.2, -0.15) is 5.26 Å². The number of benzene rings is 1. The summed E-state index contributed by atoms with van der Waals surface area (Å²) in [5, 5.41) is 8.98. The normalized spacial score (nSPS) is 10.2. The maximum atomic E-state index is 13.2. The molecule has 0 radical (unpaired) electrons. The summed E-state index contributed by atoms with van der Waals surface area (Å²) in [5.41, 5.74) is 6.21. The molecule has 0 spiro atoms. The number of nitrogens with two attached hydrogens (primary N) is 1. The fourth-order valence-corrected chi connectivity index (χ4v) is 1.34. The number of aromatic nitrogens is 1. The third kappa shape index (κ3) is 0.942. The Balaban J connectivity index is 2.99. The number of hydrogen-bond acceptors (Lipinski definition) is 2. The zero-order valence-electron chi connectivity index (χ0n) is 6.63. The monoisotopic (exact) mass is 175 g/mol. The van der Waals surface area contributed by atoms with Crippen LogP contribution in [0.25, 0.3) is 10.9 Å². The van der Waals surface area contributed by atoms with E-state index in [4.69, 9.17) is 11.0 Å². The fraction of sp³-hybridized carbons (Fsp3) is 0. The lowest BCUT2D eigenvalue weighted by Gasteiger charge is -1.90. The summed E-state index contributed by atoms with van der Waals surface area (Å²) in [5.74, 6) is -0.218. The number of nitrogen functional groups attached to an aromatic ring is 1. The Morgan fingerprint density at radius 3 is 2.92 bits per heavy atom. The van der Waals surface area contributed by atoms with Gasteiger partial charge >= 0.3 is 0 Å². The quantitative estimate of drug-likeness (QED) is 0.640. The zero-order valence-corrected chi connectivity index (χ0v) is 6.63. The molecule has 2 aromatic rings. The van der Waals surface area contributed by atoms with Gasteiger partial charge in [0, 0.05) is 0 Å². The number of rotatable bonds is 0. The molecule has 0 bridgehead atoms. The summed E-state index contributed by atoms with van der Waals surface area (Å²) in [6.07, 6.45) is 0. The zero-order chi connectivity index (χ0) is 9.42. The SMILES string of the molecule is N#Cc1c(N)[nH]c2cccc(F)c12. The van der Waals surface area contributed by atoms with Crippen molar-refractivity contribution in [2.45, 2.75) is 0 Å². The minimum atomic E-state index is -0.429. The van der Waals surface area contributed by atoms with Crippen LogP contribution in [0.15, 0.2) is 18.2 Å². The average molecular weight is 175 g/mol. The van der Waals surface area contributed by atoms with E-state index in [-0.39, 0.29) is 16.8 Å². The molecule has 64 valence electrons. The molecule has 4 heteroatoms. The Hall–Kier alpha value is -2.02. The molecule has 0 saturated heterocycles. The molecule has 1 aromatic heterocycles. The molecule has 2 rings (SSSR count). The average Bonchev–Trinajstić information content (AvgIpc) is 2.42. The lowest BCUT2D eigenvalue weighted by Crippen LogP contribution is -1.86. The molecule has 0 aliphatic rings. The third-order valence-corrected chi connectivity index (χ3v) is 1.91. The van der Waals surface area contributed by atoms with E-state index in [1.54, 1.807) is 12.1 Å². The van der Waals surface area contributed by atoms with Crippen LogP contribution in [0.5, 0.6) is 0 Å². The first-order chi connectivity index (χ1) is 6.24. The largest absolute Gasteiger partial charge is 0.384 e. The van der Waals surface area contributed by atoms with Gasteiger partial charge in [0.05, 0.1) is 10.9 Å². The first-order valence-electron chi connectivity index (χ1n) is 3.70. The van der Waals surface area contributed by atoms with Crippen molar-refractivity contribution in [1.82, 2.24) is 4.98 Å². The molecule has 0 fully saturated rings. The highest BCUT2D eigenvalue weighted by atomic mass is 19.1. The van der Waals surface area contributed by atoms with Crippen molar-refractivity contribution < 1.29 is 4.39 Å². The van der Waals surface area contributed by atoms with Crippen molar-refractivity contribution in [2.75, 3.05) is 5.73 Å². The molecule has 0 aliphatic carbocycles. The van der Waals surface area contributed by atoms with Gasteiger partial charge in [-0.25, -0.2) is 4.39 Å². The van der Waals surface area contributed by atoms with Crippen LogP contribution in [0.3, 0.4) is 0 Å². The number of H-pyrrole nitrogens is 1. The van der Waals surface area contributed by atoms with Crippen LogP contribution in [0.2, 0.25) is 0 Å². The van der Waals surface area contributed by atoms with E-state index >= 15 is 0 Å². The summed E-state index contributed by atoms with van der Waals surface area (Å²) in [7, 11) is 0. The number of halogens is 1. The molecule has 1 heterocycles. The number of anilines is 1. The summed E-state index contributed by atoms with van der Waals surface area (Å²) in [4.78, 5) is 2.73. The Kier molecular flexibility index (Phi) is 1.46. The maximum Gasteiger partial charge on any atom is 0.133 e. The molecule has 0 atom stereocenters. The van der Waals surface area contributed by atoms with Gasteiger partial charge in [0.2, 0.25) is 0 Å². The Labute approximate surface area is 73.6 Å². The lowest BCUT2D eigenvalue weighted by atomic mass is 10.2. The summed E-state index contributed by atoms with van der Waals surface area (Å²) < 4.78 is 13.2. The van der Waals surface area contributed by atoms with Gasteiger partial charge in [0.15, 0.2) is 0 Å². The molecule has 3 nitrogen and oxygen atoms in total. The van der Waals surface area contributed by atoms with E-state index in [1.165, 1.54) is 6.07 Å². The van der Waals surface area contributed by atoms with Crippen molar-refractivity contribution in [3.63, 3.8) is 0 Å². The number of nitriles is 1. The number of hydrogen-bond donors (Lipinski definition) is 2. The first kappa shape index (κ1) is 7.62. The summed E-state index contributed by atoms with van der Waals surface area (Å²) in [6.45, 7) is 0. The number of aromatic amines is 1. The Morgan fingerprint density at radius 1 is 1.46 bits per heavy atom. The Bertz CT molecular complexity index is 507. The highest BCUT2D eigenvalue weighted by molar-refractivity contribution is 5.91.